The van der Waals surface area contributed by atoms with Crippen LogP contribution in [0.1, 0.15) is 32.1 Å². The lowest BCUT2D eigenvalue weighted by molar-refractivity contribution is -0.145. The summed E-state index contributed by atoms with van der Waals surface area (Å²) in [4.78, 5) is 20.1. The summed E-state index contributed by atoms with van der Waals surface area (Å²) in [6.07, 6.45) is 2.02. The normalized spacial score (nSPS) is 12.2. The molecule has 2 rings (SSSR count). The smallest absolute Gasteiger partial charge is 0.318 e. The number of hydrogen-bond donors (Lipinski definition) is 0. The van der Waals surface area contributed by atoms with Gasteiger partial charge in [0.1, 0.15) is 11.6 Å². The van der Waals surface area contributed by atoms with Crippen LogP contribution >= 0.6 is 11.6 Å². The number of ether oxygens (including phenoxy) is 1. The molecule has 0 aromatic carbocycles. The summed E-state index contributed by atoms with van der Waals surface area (Å²) in [6.45, 7) is 3.92. The van der Waals surface area contributed by atoms with E-state index in [0.717, 1.165) is 0 Å². The highest BCUT2D eigenvalue weighted by molar-refractivity contribution is 6.30. The molecule has 7 heteroatoms. The highest BCUT2D eigenvalue weighted by atomic mass is 35.5. The lowest BCUT2D eigenvalue weighted by atomic mass is 10.1. The zero-order valence-corrected chi connectivity index (χ0v) is 11.9. The van der Waals surface area contributed by atoms with Crippen LogP contribution < -0.4 is 0 Å². The Morgan fingerprint density at radius 2 is 2.25 bits per heavy atom. The average Bonchev–Trinajstić information content (AvgIpc) is 2.90. The summed E-state index contributed by atoms with van der Waals surface area (Å²) in [5.41, 5.74) is 0.531. The molecule has 0 spiro atoms. The number of nitrogens with zero attached hydrogens (tertiary/aromatic N) is 3. The summed E-state index contributed by atoms with van der Waals surface area (Å²) in [5, 5.41) is 4.35. The van der Waals surface area contributed by atoms with Gasteiger partial charge in [-0.25, -0.2) is 0 Å². The third-order valence-electron chi connectivity index (χ3n) is 2.68. The molecule has 1 atom stereocenters. The maximum atomic E-state index is 11.8. The number of pyridine rings is 1. The molecule has 106 valence electrons. The van der Waals surface area contributed by atoms with Crippen molar-refractivity contribution in [2.24, 2.45) is 0 Å². The van der Waals surface area contributed by atoms with Gasteiger partial charge in [-0.1, -0.05) is 23.7 Å². The summed E-state index contributed by atoms with van der Waals surface area (Å²) in [5.74, 6) is -0.366. The second-order valence-electron chi connectivity index (χ2n) is 4.03. The van der Waals surface area contributed by atoms with Crippen molar-refractivity contribution >= 4 is 17.6 Å². The molecule has 2 heterocycles. The van der Waals surface area contributed by atoms with E-state index in [9.17, 15) is 4.79 Å². The molecule has 0 amide bonds. The maximum Gasteiger partial charge on any atom is 0.318 e. The summed E-state index contributed by atoms with van der Waals surface area (Å²) in [6, 6.07) is 3.37. The summed E-state index contributed by atoms with van der Waals surface area (Å²) in [7, 11) is 0. The number of aromatic nitrogens is 3. The fourth-order valence-corrected chi connectivity index (χ4v) is 1.79. The molecule has 6 nitrogen and oxygen atoms in total. The van der Waals surface area contributed by atoms with Gasteiger partial charge in [0.2, 0.25) is 11.7 Å². The van der Waals surface area contributed by atoms with Crippen molar-refractivity contribution in [1.29, 1.82) is 0 Å². The van der Waals surface area contributed by atoms with Gasteiger partial charge in [-0.2, -0.15) is 4.98 Å². The zero-order valence-electron chi connectivity index (χ0n) is 11.2. The Morgan fingerprint density at radius 1 is 1.45 bits per heavy atom. The molecular weight excluding hydrogens is 282 g/mol. The first-order valence-electron chi connectivity index (χ1n) is 6.27. The van der Waals surface area contributed by atoms with Crippen molar-refractivity contribution in [3.05, 3.63) is 29.2 Å². The lowest BCUT2D eigenvalue weighted by Crippen LogP contribution is -2.15. The first-order chi connectivity index (χ1) is 9.65. The number of halogens is 1. The van der Waals surface area contributed by atoms with E-state index in [-0.39, 0.29) is 11.9 Å². The van der Waals surface area contributed by atoms with Gasteiger partial charge in [0, 0.05) is 6.20 Å². The fraction of sp³-hybridized carbons (Fsp3) is 0.385. The predicted molar refractivity (Wildman–Crippen MR) is 72.2 cm³/mol. The van der Waals surface area contributed by atoms with Crippen LogP contribution in [0.2, 0.25) is 5.02 Å². The minimum absolute atomic E-state index is 0.234. The van der Waals surface area contributed by atoms with Crippen molar-refractivity contribution in [2.45, 2.75) is 26.2 Å². The van der Waals surface area contributed by atoms with Gasteiger partial charge in [-0.3, -0.25) is 9.78 Å². The number of carbonyl (C=O) groups is 1. The molecule has 20 heavy (non-hydrogen) atoms. The van der Waals surface area contributed by atoms with E-state index in [2.05, 4.69) is 15.1 Å². The number of carbonyl (C=O) groups excluding carboxylic acids is 1. The number of hydrogen-bond acceptors (Lipinski definition) is 6. The Hall–Kier alpha value is -1.95. The molecule has 2 aromatic rings. The van der Waals surface area contributed by atoms with E-state index >= 15 is 0 Å². The van der Waals surface area contributed by atoms with Gasteiger partial charge >= 0.3 is 5.97 Å². The minimum Gasteiger partial charge on any atom is -0.465 e. The molecule has 0 aliphatic rings. The predicted octanol–water partition coefficient (Wildman–Crippen LogP) is 2.84. The van der Waals surface area contributed by atoms with Crippen LogP contribution in [-0.4, -0.2) is 27.7 Å². The number of rotatable bonds is 5. The lowest BCUT2D eigenvalue weighted by Gasteiger charge is -2.08. The highest BCUT2D eigenvalue weighted by Gasteiger charge is 2.26. The van der Waals surface area contributed by atoms with E-state index < -0.39 is 5.92 Å². The van der Waals surface area contributed by atoms with Crippen LogP contribution in [0.4, 0.5) is 0 Å². The van der Waals surface area contributed by atoms with Crippen LogP contribution in [0.5, 0.6) is 0 Å². The monoisotopic (exact) mass is 295 g/mol. The molecule has 0 radical (unpaired) electrons. The average molecular weight is 296 g/mol. The Bertz CT molecular complexity index is 583. The molecule has 0 saturated heterocycles. The summed E-state index contributed by atoms with van der Waals surface area (Å²) < 4.78 is 10.1. The molecule has 0 bridgehead atoms. The molecule has 0 fully saturated rings. The molecule has 0 aliphatic carbocycles. The molecule has 0 N–H and O–H groups in total. The Morgan fingerprint density at radius 3 is 2.85 bits per heavy atom. The largest absolute Gasteiger partial charge is 0.465 e. The second kappa shape index (κ2) is 6.47. The Kier molecular flexibility index (Phi) is 4.68. The summed E-state index contributed by atoms with van der Waals surface area (Å²) >= 11 is 5.77. The van der Waals surface area contributed by atoms with Gasteiger partial charge in [0.25, 0.3) is 0 Å². The molecule has 2 aromatic heterocycles. The topological polar surface area (TPSA) is 78.1 Å². The van der Waals surface area contributed by atoms with E-state index in [1.54, 1.807) is 19.1 Å². The third-order valence-corrected chi connectivity index (χ3v) is 2.90. The molecular formula is C13H14ClN3O3. The van der Waals surface area contributed by atoms with Crippen LogP contribution in [0.3, 0.4) is 0 Å². The minimum atomic E-state index is -0.552. The molecule has 0 aliphatic heterocycles. The first-order valence-corrected chi connectivity index (χ1v) is 6.65. The van der Waals surface area contributed by atoms with Crippen molar-refractivity contribution < 1.29 is 14.1 Å². The third kappa shape index (κ3) is 3.14. The van der Waals surface area contributed by atoms with Gasteiger partial charge in [-0.15, -0.1) is 0 Å². The molecule has 1 unspecified atom stereocenters. The van der Waals surface area contributed by atoms with Crippen LogP contribution in [-0.2, 0) is 9.53 Å². The van der Waals surface area contributed by atoms with E-state index in [1.807, 2.05) is 6.92 Å². The molecule has 0 saturated carbocycles. The van der Waals surface area contributed by atoms with Crippen molar-refractivity contribution in [3.8, 4) is 11.5 Å². The Balaban J connectivity index is 2.23. The quantitative estimate of drug-likeness (QED) is 0.789. The fourth-order valence-electron chi connectivity index (χ4n) is 1.67. The van der Waals surface area contributed by atoms with Gasteiger partial charge in [0.05, 0.1) is 11.6 Å². The van der Waals surface area contributed by atoms with Gasteiger partial charge in [-0.05, 0) is 25.5 Å². The van der Waals surface area contributed by atoms with Gasteiger partial charge in [0.15, 0.2) is 0 Å². The highest BCUT2D eigenvalue weighted by Crippen LogP contribution is 2.22. The van der Waals surface area contributed by atoms with Crippen LogP contribution in [0.15, 0.2) is 22.9 Å². The van der Waals surface area contributed by atoms with Crippen molar-refractivity contribution in [2.75, 3.05) is 6.61 Å². The number of esters is 1. The van der Waals surface area contributed by atoms with Crippen LogP contribution in [0, 0.1) is 0 Å². The standard InChI is InChI=1S/C13H14ClN3O3/c1-3-9(13(18)19-4-2)12-16-11(17-20-12)10-6-5-8(14)7-15-10/h5-7,9H,3-4H2,1-2H3. The van der Waals surface area contributed by atoms with Gasteiger partial charge < -0.3 is 9.26 Å². The zero-order chi connectivity index (χ0) is 14.5. The maximum absolute atomic E-state index is 11.8. The van der Waals surface area contributed by atoms with E-state index in [1.165, 1.54) is 6.20 Å². The first kappa shape index (κ1) is 14.5. The second-order valence-corrected chi connectivity index (χ2v) is 4.47. The van der Waals surface area contributed by atoms with Crippen molar-refractivity contribution in [3.63, 3.8) is 0 Å². The SMILES string of the molecule is CCOC(=O)C(CC)c1nc(-c2ccc(Cl)cn2)no1. The van der Waals surface area contributed by atoms with Crippen LogP contribution in [0.25, 0.3) is 11.5 Å². The van der Waals surface area contributed by atoms with E-state index in [0.29, 0.717) is 29.6 Å². The Labute approximate surface area is 121 Å². The van der Waals surface area contributed by atoms with Crippen molar-refractivity contribution in [1.82, 2.24) is 15.1 Å². The van der Waals surface area contributed by atoms with E-state index in [4.69, 9.17) is 20.9 Å².